The normalized spacial score (nSPS) is 14.7. The van der Waals surface area contributed by atoms with E-state index in [9.17, 15) is 19.7 Å². The molecule has 1 aromatic rings. The first kappa shape index (κ1) is 21.8. The van der Waals surface area contributed by atoms with Crippen LogP contribution in [0.25, 0.3) is 0 Å². The number of nitro benzene ring substituents is 1. The Bertz CT molecular complexity index is 877. The standard InChI is InChI=1S/C20H22N2O7/c1-6-10-29-21-12(2)16(19(23)27-4)18(17(13(21)3)20(24)28-5)14-8-7-9-15(11-14)22(25)26/h6-9,11,18H,1,10H2,2-5H3. The van der Waals surface area contributed by atoms with E-state index < -0.39 is 22.8 Å². The van der Waals surface area contributed by atoms with Gasteiger partial charge in [0, 0.05) is 12.1 Å². The molecule has 2 rings (SSSR count). The van der Waals surface area contributed by atoms with Crippen molar-refractivity contribution in [3.8, 4) is 0 Å². The number of nitrogens with zero attached hydrogens (tertiary/aromatic N) is 2. The molecular weight excluding hydrogens is 380 g/mol. The number of esters is 2. The lowest BCUT2D eigenvalue weighted by molar-refractivity contribution is -0.384. The Morgan fingerprint density at radius 1 is 1.17 bits per heavy atom. The van der Waals surface area contributed by atoms with Crippen LogP contribution in [0.3, 0.4) is 0 Å². The molecule has 29 heavy (non-hydrogen) atoms. The molecule has 0 aliphatic carbocycles. The molecule has 154 valence electrons. The van der Waals surface area contributed by atoms with Gasteiger partial charge in [0.1, 0.15) is 0 Å². The van der Waals surface area contributed by atoms with E-state index in [1.54, 1.807) is 19.9 Å². The number of ether oxygens (including phenoxy) is 2. The van der Waals surface area contributed by atoms with E-state index in [-0.39, 0.29) is 23.4 Å². The van der Waals surface area contributed by atoms with Crippen LogP contribution < -0.4 is 0 Å². The van der Waals surface area contributed by atoms with Gasteiger partial charge < -0.3 is 9.47 Å². The minimum absolute atomic E-state index is 0.114. The highest BCUT2D eigenvalue weighted by Gasteiger charge is 2.41. The van der Waals surface area contributed by atoms with Crippen LogP contribution in [0.4, 0.5) is 5.69 Å². The quantitative estimate of drug-likeness (QED) is 0.296. The maximum atomic E-state index is 12.7. The number of benzene rings is 1. The van der Waals surface area contributed by atoms with Gasteiger partial charge in [0.05, 0.1) is 54.2 Å². The largest absolute Gasteiger partial charge is 0.466 e. The molecule has 0 radical (unpaired) electrons. The van der Waals surface area contributed by atoms with Crippen LogP contribution in [0.2, 0.25) is 0 Å². The minimum Gasteiger partial charge on any atom is -0.466 e. The summed E-state index contributed by atoms with van der Waals surface area (Å²) in [6.45, 7) is 6.99. The van der Waals surface area contributed by atoms with Crippen LogP contribution in [0, 0.1) is 10.1 Å². The number of carbonyl (C=O) groups is 2. The molecule has 0 N–H and O–H groups in total. The summed E-state index contributed by atoms with van der Waals surface area (Å²) < 4.78 is 9.86. The summed E-state index contributed by atoms with van der Waals surface area (Å²) in [7, 11) is 2.43. The molecule has 0 saturated heterocycles. The highest BCUT2D eigenvalue weighted by atomic mass is 16.7. The van der Waals surface area contributed by atoms with Gasteiger partial charge in [-0.2, -0.15) is 0 Å². The Labute approximate surface area is 167 Å². The van der Waals surface area contributed by atoms with E-state index in [2.05, 4.69) is 6.58 Å². The number of allylic oxidation sites excluding steroid dienone is 2. The van der Waals surface area contributed by atoms with E-state index >= 15 is 0 Å². The predicted octanol–water partition coefficient (Wildman–Crippen LogP) is 3.01. The first-order chi connectivity index (χ1) is 13.8. The molecule has 0 fully saturated rings. The zero-order valence-corrected chi connectivity index (χ0v) is 16.6. The minimum atomic E-state index is -0.932. The van der Waals surface area contributed by atoms with Crippen molar-refractivity contribution < 1.29 is 28.8 Å². The fourth-order valence-electron chi connectivity index (χ4n) is 3.26. The van der Waals surface area contributed by atoms with Crippen molar-refractivity contribution in [3.05, 3.63) is 75.1 Å². The Hall–Kier alpha value is -3.46. The summed E-state index contributed by atoms with van der Waals surface area (Å²) in [4.78, 5) is 41.7. The van der Waals surface area contributed by atoms with Gasteiger partial charge in [-0.05, 0) is 19.4 Å². The molecule has 1 aliphatic rings. The lowest BCUT2D eigenvalue weighted by atomic mass is 9.80. The molecular formula is C20H22N2O7. The summed E-state index contributed by atoms with van der Waals surface area (Å²) in [6, 6.07) is 5.73. The van der Waals surface area contributed by atoms with Crippen molar-refractivity contribution in [2.45, 2.75) is 19.8 Å². The van der Waals surface area contributed by atoms with E-state index in [1.165, 1.54) is 43.6 Å². The molecule has 0 aromatic heterocycles. The van der Waals surface area contributed by atoms with Crippen LogP contribution >= 0.6 is 0 Å². The maximum Gasteiger partial charge on any atom is 0.336 e. The first-order valence-electron chi connectivity index (χ1n) is 8.64. The number of carbonyl (C=O) groups excluding carboxylic acids is 2. The second kappa shape index (κ2) is 9.16. The third-order valence-corrected chi connectivity index (χ3v) is 4.51. The Balaban J connectivity index is 2.80. The van der Waals surface area contributed by atoms with Gasteiger partial charge in [-0.3, -0.25) is 15.0 Å². The van der Waals surface area contributed by atoms with Crippen molar-refractivity contribution in [1.82, 2.24) is 5.06 Å². The first-order valence-corrected chi connectivity index (χ1v) is 8.64. The number of methoxy groups -OCH3 is 2. The van der Waals surface area contributed by atoms with E-state index in [1.807, 2.05) is 0 Å². The average molecular weight is 402 g/mol. The number of nitro groups is 1. The summed E-state index contributed by atoms with van der Waals surface area (Å²) in [6.07, 6.45) is 1.52. The molecule has 0 amide bonds. The van der Waals surface area contributed by atoms with Crippen LogP contribution in [0.5, 0.6) is 0 Å². The van der Waals surface area contributed by atoms with Crippen LogP contribution in [0.15, 0.2) is 59.5 Å². The zero-order chi connectivity index (χ0) is 21.7. The number of hydrogen-bond acceptors (Lipinski definition) is 8. The molecule has 0 bridgehead atoms. The number of non-ortho nitro benzene ring substituents is 1. The molecule has 0 spiro atoms. The number of rotatable bonds is 7. The van der Waals surface area contributed by atoms with Crippen molar-refractivity contribution >= 4 is 17.6 Å². The molecule has 1 aliphatic heterocycles. The molecule has 9 nitrogen and oxygen atoms in total. The fourth-order valence-corrected chi connectivity index (χ4v) is 3.26. The zero-order valence-electron chi connectivity index (χ0n) is 16.6. The highest BCUT2D eigenvalue weighted by molar-refractivity contribution is 5.99. The molecule has 1 aromatic carbocycles. The lowest BCUT2D eigenvalue weighted by Crippen LogP contribution is -2.35. The SMILES string of the molecule is C=CCON1C(C)=C(C(=O)OC)C(c2cccc([N+](=O)[O-])c2)C(C(=O)OC)=C1C. The average Bonchev–Trinajstić information content (AvgIpc) is 2.72. The van der Waals surface area contributed by atoms with Crippen LogP contribution in [0.1, 0.15) is 25.3 Å². The molecule has 9 heteroatoms. The lowest BCUT2D eigenvalue weighted by Gasteiger charge is -2.36. The van der Waals surface area contributed by atoms with Crippen LogP contribution in [-0.2, 0) is 23.9 Å². The Morgan fingerprint density at radius 3 is 2.17 bits per heavy atom. The molecule has 0 saturated carbocycles. The smallest absolute Gasteiger partial charge is 0.336 e. The van der Waals surface area contributed by atoms with Gasteiger partial charge >= 0.3 is 11.9 Å². The second-order valence-electron chi connectivity index (χ2n) is 6.15. The molecule has 0 unspecified atom stereocenters. The third-order valence-electron chi connectivity index (χ3n) is 4.51. The highest BCUT2D eigenvalue weighted by Crippen LogP contribution is 2.43. The van der Waals surface area contributed by atoms with E-state index in [0.717, 1.165) is 0 Å². The number of hydrogen-bond donors (Lipinski definition) is 0. The summed E-state index contributed by atoms with van der Waals surface area (Å²) in [5, 5.41) is 12.6. The van der Waals surface area contributed by atoms with Gasteiger partial charge in [-0.1, -0.05) is 18.2 Å². The van der Waals surface area contributed by atoms with Gasteiger partial charge in [-0.15, -0.1) is 6.58 Å². The third kappa shape index (κ3) is 4.19. The van der Waals surface area contributed by atoms with Crippen molar-refractivity contribution in [1.29, 1.82) is 0 Å². The maximum absolute atomic E-state index is 12.7. The topological polar surface area (TPSA) is 108 Å². The summed E-state index contributed by atoms with van der Waals surface area (Å²) in [5.41, 5.74) is 1.21. The second-order valence-corrected chi connectivity index (χ2v) is 6.15. The van der Waals surface area contributed by atoms with Crippen LogP contribution in [-0.4, -0.2) is 42.8 Å². The van der Waals surface area contributed by atoms with Crippen molar-refractivity contribution in [2.75, 3.05) is 20.8 Å². The molecule has 0 atom stereocenters. The Kier molecular flexibility index (Phi) is 6.89. The molecule has 1 heterocycles. The predicted molar refractivity (Wildman–Crippen MR) is 103 cm³/mol. The Morgan fingerprint density at radius 2 is 1.72 bits per heavy atom. The van der Waals surface area contributed by atoms with E-state index in [4.69, 9.17) is 14.3 Å². The monoisotopic (exact) mass is 402 g/mol. The fraction of sp³-hybridized carbons (Fsp3) is 0.300. The van der Waals surface area contributed by atoms with Crippen molar-refractivity contribution in [3.63, 3.8) is 0 Å². The van der Waals surface area contributed by atoms with Crippen molar-refractivity contribution in [2.24, 2.45) is 0 Å². The van der Waals surface area contributed by atoms with E-state index in [0.29, 0.717) is 17.0 Å². The van der Waals surface area contributed by atoms with Gasteiger partial charge in [0.2, 0.25) is 0 Å². The summed E-state index contributed by atoms with van der Waals surface area (Å²) in [5.74, 6) is -2.32. The van der Waals surface area contributed by atoms with Gasteiger partial charge in [-0.25, -0.2) is 14.7 Å². The number of hydroxylamine groups is 2. The van der Waals surface area contributed by atoms with Gasteiger partial charge in [0.15, 0.2) is 0 Å². The van der Waals surface area contributed by atoms with Gasteiger partial charge in [0.25, 0.3) is 5.69 Å². The summed E-state index contributed by atoms with van der Waals surface area (Å²) >= 11 is 0.